The number of imidazole rings is 1. The van der Waals surface area contributed by atoms with Gasteiger partial charge in [-0.05, 0) is 72.0 Å². The number of hydrogen-bond donors (Lipinski definition) is 1. The van der Waals surface area contributed by atoms with Gasteiger partial charge in [0.05, 0.1) is 28.7 Å². The Morgan fingerprint density at radius 1 is 1.09 bits per heavy atom. The Morgan fingerprint density at radius 3 is 2.60 bits per heavy atom. The van der Waals surface area contributed by atoms with Crippen molar-refractivity contribution >= 4 is 61.2 Å². The molecule has 0 spiro atoms. The Labute approximate surface area is 252 Å². The summed E-state index contributed by atoms with van der Waals surface area (Å²) in [6.07, 6.45) is 0.416. The standard InChI is InChI=1S/C27H22ClF3N6O4S2/c28-19-5-3-17(21(13-19)27(29,30)31)12-20(16-4-6-22-18(11-16)14-33-34-22)24-25(38)36(26(39)42-24)15-23-32-7-10-37(23)43(40,41)35-8-1-2-9-35/h3-7,10-11,13-14H,1-2,8-9,12,15H2,(H,33,34)/b24-20-. The molecular formula is C27H22ClF3N6O4S2. The third-order valence-corrected chi connectivity index (χ3v) is 10.4. The lowest BCUT2D eigenvalue weighted by molar-refractivity contribution is -0.138. The van der Waals surface area contributed by atoms with Crippen LogP contribution in [-0.4, -0.2) is 61.0 Å². The van der Waals surface area contributed by atoms with Crippen LogP contribution < -0.4 is 0 Å². The number of H-pyrrole nitrogens is 1. The summed E-state index contributed by atoms with van der Waals surface area (Å²) in [4.78, 5) is 31.8. The van der Waals surface area contributed by atoms with Crippen LogP contribution in [0.2, 0.25) is 5.02 Å². The summed E-state index contributed by atoms with van der Waals surface area (Å²) >= 11 is 6.46. The molecule has 2 aliphatic rings. The van der Waals surface area contributed by atoms with Crippen LogP contribution in [0.5, 0.6) is 0 Å². The number of halogens is 4. The number of alkyl halides is 3. The highest BCUT2D eigenvalue weighted by molar-refractivity contribution is 8.18. The smallest absolute Gasteiger partial charge is 0.278 e. The van der Waals surface area contributed by atoms with Gasteiger partial charge in [-0.1, -0.05) is 23.7 Å². The first kappa shape index (κ1) is 29.4. The minimum absolute atomic E-state index is 0.0473. The quantitative estimate of drug-likeness (QED) is 0.263. The van der Waals surface area contributed by atoms with E-state index in [9.17, 15) is 31.2 Å². The molecule has 4 aromatic rings. The molecule has 0 bridgehead atoms. The summed E-state index contributed by atoms with van der Waals surface area (Å²) in [5, 5.41) is 6.62. The van der Waals surface area contributed by atoms with Crippen LogP contribution >= 0.6 is 23.4 Å². The van der Waals surface area contributed by atoms with Crippen molar-refractivity contribution < 1.29 is 31.2 Å². The van der Waals surface area contributed by atoms with E-state index in [4.69, 9.17) is 11.6 Å². The molecule has 224 valence electrons. The maximum atomic E-state index is 14.0. The van der Waals surface area contributed by atoms with Crippen LogP contribution in [0.4, 0.5) is 18.0 Å². The number of benzene rings is 2. The van der Waals surface area contributed by atoms with E-state index in [-0.39, 0.29) is 33.3 Å². The minimum Gasteiger partial charge on any atom is -0.278 e. The van der Waals surface area contributed by atoms with E-state index >= 15 is 0 Å². The fourth-order valence-electron chi connectivity index (χ4n) is 5.15. The van der Waals surface area contributed by atoms with Crippen molar-refractivity contribution in [3.8, 4) is 0 Å². The van der Waals surface area contributed by atoms with E-state index in [1.54, 1.807) is 18.2 Å². The van der Waals surface area contributed by atoms with E-state index < -0.39 is 39.6 Å². The molecule has 4 heterocycles. The third kappa shape index (κ3) is 5.57. The Bertz CT molecular complexity index is 1900. The predicted molar refractivity (Wildman–Crippen MR) is 154 cm³/mol. The van der Waals surface area contributed by atoms with E-state index in [0.29, 0.717) is 54.2 Å². The second kappa shape index (κ2) is 11.1. The number of aromatic nitrogens is 4. The molecule has 2 amide bonds. The average molecular weight is 651 g/mol. The van der Waals surface area contributed by atoms with Gasteiger partial charge in [0.1, 0.15) is 5.82 Å². The van der Waals surface area contributed by atoms with Crippen molar-refractivity contribution in [1.29, 1.82) is 0 Å². The molecule has 2 aromatic heterocycles. The SMILES string of the molecule is O=C1S/C(=C(/Cc2ccc(Cl)cc2C(F)(F)F)c2ccc3[nH]ncc3c2)C(=O)N1Cc1nccn1S(=O)(=O)N1CCCC1. The minimum atomic E-state index is -4.73. The lowest BCUT2D eigenvalue weighted by Crippen LogP contribution is -2.36. The van der Waals surface area contributed by atoms with Gasteiger partial charge in [-0.15, -0.1) is 0 Å². The van der Waals surface area contributed by atoms with E-state index in [1.807, 2.05) is 0 Å². The fourth-order valence-corrected chi connectivity index (χ4v) is 7.81. The molecule has 10 nitrogen and oxygen atoms in total. The van der Waals surface area contributed by atoms with Crippen molar-refractivity contribution in [2.24, 2.45) is 0 Å². The van der Waals surface area contributed by atoms with Gasteiger partial charge in [-0.2, -0.15) is 31.0 Å². The van der Waals surface area contributed by atoms with Crippen LogP contribution in [-0.2, 0) is 34.1 Å². The monoisotopic (exact) mass is 650 g/mol. The zero-order valence-electron chi connectivity index (χ0n) is 22.1. The normalized spacial score (nSPS) is 17.9. The van der Waals surface area contributed by atoms with E-state index in [1.165, 1.54) is 35.0 Å². The van der Waals surface area contributed by atoms with Gasteiger partial charge in [0.2, 0.25) is 0 Å². The predicted octanol–water partition coefficient (Wildman–Crippen LogP) is 5.47. The van der Waals surface area contributed by atoms with Crippen molar-refractivity contribution in [2.45, 2.75) is 32.0 Å². The second-order valence-electron chi connectivity index (χ2n) is 9.97. The summed E-state index contributed by atoms with van der Waals surface area (Å²) in [7, 11) is -3.96. The largest absolute Gasteiger partial charge is 0.416 e. The maximum Gasteiger partial charge on any atom is 0.416 e. The van der Waals surface area contributed by atoms with Gasteiger partial charge in [-0.3, -0.25) is 19.6 Å². The summed E-state index contributed by atoms with van der Waals surface area (Å²) in [5.41, 5.74) is 0.175. The molecule has 0 aliphatic carbocycles. The number of imide groups is 1. The molecule has 2 aliphatic heterocycles. The van der Waals surface area contributed by atoms with Crippen LogP contribution in [0, 0.1) is 0 Å². The number of aromatic amines is 1. The fraction of sp³-hybridized carbons (Fsp3) is 0.259. The molecule has 6 rings (SSSR count). The lowest BCUT2D eigenvalue weighted by Gasteiger charge is -2.19. The number of nitrogens with one attached hydrogen (secondary N) is 1. The summed E-state index contributed by atoms with van der Waals surface area (Å²) < 4.78 is 70.6. The number of amides is 2. The number of nitrogens with zero attached hydrogens (tertiary/aromatic N) is 5. The maximum absolute atomic E-state index is 14.0. The van der Waals surface area contributed by atoms with Gasteiger partial charge in [0.15, 0.2) is 0 Å². The third-order valence-electron chi connectivity index (χ3n) is 7.28. The molecule has 0 unspecified atom stereocenters. The first-order valence-electron chi connectivity index (χ1n) is 13.0. The molecule has 0 atom stereocenters. The summed E-state index contributed by atoms with van der Waals surface area (Å²) in [5.74, 6) is -0.818. The zero-order chi connectivity index (χ0) is 30.5. The number of carbonyl (C=O) groups is 2. The van der Waals surface area contributed by atoms with Crippen LogP contribution in [0.25, 0.3) is 16.5 Å². The zero-order valence-corrected chi connectivity index (χ0v) is 24.5. The summed E-state index contributed by atoms with van der Waals surface area (Å²) in [6, 6.07) is 8.36. The van der Waals surface area contributed by atoms with Gasteiger partial charge < -0.3 is 0 Å². The number of rotatable bonds is 7. The summed E-state index contributed by atoms with van der Waals surface area (Å²) in [6.45, 7) is 0.246. The Morgan fingerprint density at radius 2 is 1.86 bits per heavy atom. The Kier molecular flexibility index (Phi) is 7.61. The second-order valence-corrected chi connectivity index (χ2v) is 13.2. The van der Waals surface area contributed by atoms with Crippen LogP contribution in [0.15, 0.2) is 59.9 Å². The number of carbonyl (C=O) groups excluding carboxylic acids is 2. The van der Waals surface area contributed by atoms with Gasteiger partial charge in [0, 0.05) is 35.9 Å². The van der Waals surface area contributed by atoms with Gasteiger partial charge in [0.25, 0.3) is 11.1 Å². The Hall–Kier alpha value is -3.66. The molecule has 2 aromatic carbocycles. The molecule has 16 heteroatoms. The number of allylic oxidation sites excluding steroid dienone is 1. The lowest BCUT2D eigenvalue weighted by atomic mass is 9.93. The first-order valence-corrected chi connectivity index (χ1v) is 15.6. The molecule has 0 saturated carbocycles. The van der Waals surface area contributed by atoms with E-state index in [2.05, 4.69) is 15.2 Å². The average Bonchev–Trinajstić information content (AvgIpc) is 3.77. The highest BCUT2D eigenvalue weighted by atomic mass is 35.5. The Balaban J connectivity index is 1.41. The first-order chi connectivity index (χ1) is 20.4. The molecular weight excluding hydrogens is 629 g/mol. The van der Waals surface area contributed by atoms with Crippen LogP contribution in [0.3, 0.4) is 0 Å². The van der Waals surface area contributed by atoms with Crippen molar-refractivity contribution in [1.82, 2.24) is 28.4 Å². The molecule has 2 saturated heterocycles. The molecule has 0 radical (unpaired) electrons. The van der Waals surface area contributed by atoms with Crippen molar-refractivity contribution in [3.63, 3.8) is 0 Å². The van der Waals surface area contributed by atoms with Crippen molar-refractivity contribution in [2.75, 3.05) is 13.1 Å². The molecule has 2 fully saturated rings. The van der Waals surface area contributed by atoms with Crippen molar-refractivity contribution in [3.05, 3.63) is 87.4 Å². The van der Waals surface area contributed by atoms with E-state index in [0.717, 1.165) is 14.9 Å². The number of fused-ring (bicyclic) bond motifs is 1. The molecule has 43 heavy (non-hydrogen) atoms. The van der Waals surface area contributed by atoms with Crippen LogP contribution in [0.1, 0.15) is 35.4 Å². The van der Waals surface area contributed by atoms with Gasteiger partial charge >= 0.3 is 16.4 Å². The highest BCUT2D eigenvalue weighted by Crippen LogP contribution is 2.42. The highest BCUT2D eigenvalue weighted by Gasteiger charge is 2.40. The number of hydrogen-bond acceptors (Lipinski definition) is 7. The number of thioether (sulfide) groups is 1. The molecule has 1 N–H and O–H groups in total. The topological polar surface area (TPSA) is 121 Å². The van der Waals surface area contributed by atoms with Gasteiger partial charge in [-0.25, -0.2) is 8.96 Å².